The lowest BCUT2D eigenvalue weighted by Gasteiger charge is -1.92. The average molecular weight is 271 g/mol. The molecule has 0 bridgehead atoms. The van der Waals surface area contributed by atoms with Gasteiger partial charge in [0.1, 0.15) is 4.88 Å². The number of thiophene rings is 1. The van der Waals surface area contributed by atoms with Crippen molar-refractivity contribution in [2.75, 3.05) is 0 Å². The van der Waals surface area contributed by atoms with Crippen LogP contribution in [0.1, 0.15) is 15.2 Å². The Bertz CT molecular complexity index is 516. The van der Waals surface area contributed by atoms with Crippen LogP contribution in [0.15, 0.2) is 22.7 Å². The predicted octanol–water partition coefficient (Wildman–Crippen LogP) is 3.67. The Kier molecular flexibility index (Phi) is 2.33. The fraction of sp³-hybridized carbons (Fsp3) is 0.100. The molecule has 0 radical (unpaired) electrons. The summed E-state index contributed by atoms with van der Waals surface area (Å²) < 4.78 is 1.96. The van der Waals surface area contributed by atoms with Crippen molar-refractivity contribution in [3.63, 3.8) is 0 Å². The van der Waals surface area contributed by atoms with E-state index in [-0.39, 0.29) is 0 Å². The standard InChI is InChI=1S/C10H7BrO2S/c1-5-6-3-2-4-7(11)9(6)14-8(5)10(12)13/h2-4H,1H3,(H,12,13). The Morgan fingerprint density at radius 2 is 2.21 bits per heavy atom. The minimum absolute atomic E-state index is 0.423. The van der Waals surface area contributed by atoms with E-state index in [1.165, 1.54) is 11.3 Å². The smallest absolute Gasteiger partial charge is 0.346 e. The lowest BCUT2D eigenvalue weighted by molar-refractivity contribution is 0.0701. The van der Waals surface area contributed by atoms with Crippen molar-refractivity contribution in [2.45, 2.75) is 6.92 Å². The lowest BCUT2D eigenvalue weighted by atomic mass is 10.1. The summed E-state index contributed by atoms with van der Waals surface area (Å²) in [5.41, 5.74) is 0.846. The molecule has 72 valence electrons. The van der Waals surface area contributed by atoms with Gasteiger partial charge in [0.2, 0.25) is 0 Å². The number of fused-ring (bicyclic) bond motifs is 1. The molecule has 0 aliphatic rings. The maximum atomic E-state index is 10.9. The van der Waals surface area contributed by atoms with Crippen LogP contribution < -0.4 is 0 Å². The first kappa shape index (κ1) is 9.68. The van der Waals surface area contributed by atoms with Crippen LogP contribution in [0.25, 0.3) is 10.1 Å². The molecule has 2 rings (SSSR count). The van der Waals surface area contributed by atoms with Gasteiger partial charge in [0.15, 0.2) is 0 Å². The number of aromatic carboxylic acids is 1. The van der Waals surface area contributed by atoms with E-state index < -0.39 is 5.97 Å². The summed E-state index contributed by atoms with van der Waals surface area (Å²) in [5.74, 6) is -0.851. The lowest BCUT2D eigenvalue weighted by Crippen LogP contribution is -1.93. The molecule has 1 N–H and O–H groups in total. The van der Waals surface area contributed by atoms with Gasteiger partial charge in [-0.25, -0.2) is 4.79 Å². The van der Waals surface area contributed by atoms with E-state index in [0.29, 0.717) is 4.88 Å². The van der Waals surface area contributed by atoms with Crippen molar-refractivity contribution in [3.05, 3.63) is 33.1 Å². The second kappa shape index (κ2) is 3.37. The fourth-order valence-corrected chi connectivity index (χ4v) is 3.07. The quantitative estimate of drug-likeness (QED) is 0.859. The molecule has 0 aliphatic carbocycles. The van der Waals surface area contributed by atoms with Crippen LogP contribution in [-0.4, -0.2) is 11.1 Å². The summed E-state index contributed by atoms with van der Waals surface area (Å²) in [4.78, 5) is 11.3. The monoisotopic (exact) mass is 270 g/mol. The first-order valence-electron chi connectivity index (χ1n) is 4.02. The van der Waals surface area contributed by atoms with Crippen LogP contribution in [0.5, 0.6) is 0 Å². The molecule has 1 aromatic heterocycles. The van der Waals surface area contributed by atoms with Crippen molar-refractivity contribution >= 4 is 43.3 Å². The summed E-state index contributed by atoms with van der Waals surface area (Å²) in [7, 11) is 0. The average Bonchev–Trinajstić information content (AvgIpc) is 2.46. The molecule has 0 unspecified atom stereocenters. The second-order valence-corrected chi connectivity index (χ2v) is 4.85. The minimum atomic E-state index is -0.851. The summed E-state index contributed by atoms with van der Waals surface area (Å²) in [6.45, 7) is 1.84. The van der Waals surface area contributed by atoms with Gasteiger partial charge in [-0.1, -0.05) is 12.1 Å². The molecular formula is C10H7BrO2S. The molecule has 0 fully saturated rings. The van der Waals surface area contributed by atoms with Crippen molar-refractivity contribution in [2.24, 2.45) is 0 Å². The molecule has 1 heterocycles. The van der Waals surface area contributed by atoms with Gasteiger partial charge < -0.3 is 5.11 Å². The first-order valence-corrected chi connectivity index (χ1v) is 5.63. The van der Waals surface area contributed by atoms with Crippen LogP contribution >= 0.6 is 27.3 Å². The highest BCUT2D eigenvalue weighted by Crippen LogP contribution is 2.35. The maximum Gasteiger partial charge on any atom is 0.346 e. The van der Waals surface area contributed by atoms with E-state index in [2.05, 4.69) is 15.9 Å². The predicted molar refractivity (Wildman–Crippen MR) is 61.2 cm³/mol. The number of hydrogen-bond donors (Lipinski definition) is 1. The molecular weight excluding hydrogens is 264 g/mol. The van der Waals surface area contributed by atoms with Crippen LogP contribution in [0, 0.1) is 6.92 Å². The van der Waals surface area contributed by atoms with E-state index >= 15 is 0 Å². The minimum Gasteiger partial charge on any atom is -0.477 e. The molecule has 0 spiro atoms. The van der Waals surface area contributed by atoms with Crippen molar-refractivity contribution in [1.29, 1.82) is 0 Å². The molecule has 0 aliphatic heterocycles. The van der Waals surface area contributed by atoms with Crippen LogP contribution in [0.3, 0.4) is 0 Å². The maximum absolute atomic E-state index is 10.9. The first-order chi connectivity index (χ1) is 6.61. The number of carboxylic acids is 1. The van der Waals surface area contributed by atoms with Gasteiger partial charge in [0.05, 0.1) is 0 Å². The van der Waals surface area contributed by atoms with Crippen LogP contribution in [0.4, 0.5) is 0 Å². The van der Waals surface area contributed by atoms with Gasteiger partial charge in [-0.3, -0.25) is 0 Å². The summed E-state index contributed by atoms with van der Waals surface area (Å²) in [6, 6.07) is 5.78. The SMILES string of the molecule is Cc1c(C(=O)O)sc2c(Br)cccc12. The molecule has 0 saturated heterocycles. The van der Waals surface area contributed by atoms with Crippen molar-refractivity contribution < 1.29 is 9.90 Å². The van der Waals surface area contributed by atoms with E-state index in [1.54, 1.807) is 0 Å². The number of halogens is 1. The van der Waals surface area contributed by atoms with Gasteiger partial charge in [-0.15, -0.1) is 11.3 Å². The molecule has 0 amide bonds. The van der Waals surface area contributed by atoms with E-state index in [4.69, 9.17) is 5.11 Å². The second-order valence-electron chi connectivity index (χ2n) is 2.98. The van der Waals surface area contributed by atoms with Gasteiger partial charge in [-0.2, -0.15) is 0 Å². The normalized spacial score (nSPS) is 10.7. The summed E-state index contributed by atoms with van der Waals surface area (Å²) in [6.07, 6.45) is 0. The van der Waals surface area contributed by atoms with E-state index in [0.717, 1.165) is 20.1 Å². The number of carbonyl (C=O) groups is 1. The van der Waals surface area contributed by atoms with Crippen molar-refractivity contribution in [1.82, 2.24) is 0 Å². The molecule has 1 aromatic carbocycles. The summed E-state index contributed by atoms with van der Waals surface area (Å²) in [5, 5.41) is 9.97. The number of rotatable bonds is 1. The Balaban J connectivity index is 2.86. The highest BCUT2D eigenvalue weighted by molar-refractivity contribution is 9.10. The summed E-state index contributed by atoms with van der Waals surface area (Å²) >= 11 is 4.72. The van der Waals surface area contributed by atoms with E-state index in [1.807, 2.05) is 25.1 Å². The zero-order valence-electron chi connectivity index (χ0n) is 7.37. The van der Waals surface area contributed by atoms with Crippen molar-refractivity contribution in [3.8, 4) is 0 Å². The van der Waals surface area contributed by atoms with Crippen LogP contribution in [0.2, 0.25) is 0 Å². The molecule has 2 aromatic rings. The molecule has 0 atom stereocenters. The molecule has 14 heavy (non-hydrogen) atoms. The van der Waals surface area contributed by atoms with Gasteiger partial charge >= 0.3 is 5.97 Å². The Morgan fingerprint density at radius 1 is 1.50 bits per heavy atom. The Hall–Kier alpha value is -0.870. The van der Waals surface area contributed by atoms with E-state index in [9.17, 15) is 4.79 Å². The number of hydrogen-bond acceptors (Lipinski definition) is 2. The third-order valence-electron chi connectivity index (χ3n) is 2.11. The number of carboxylic acid groups (broad SMARTS) is 1. The Labute approximate surface area is 93.3 Å². The third kappa shape index (κ3) is 1.35. The highest BCUT2D eigenvalue weighted by atomic mass is 79.9. The number of benzene rings is 1. The molecule has 0 saturated carbocycles. The fourth-order valence-electron chi connectivity index (χ4n) is 1.41. The Morgan fingerprint density at radius 3 is 2.79 bits per heavy atom. The third-order valence-corrected chi connectivity index (χ3v) is 4.36. The molecule has 2 nitrogen and oxygen atoms in total. The highest BCUT2D eigenvalue weighted by Gasteiger charge is 2.15. The van der Waals surface area contributed by atoms with Gasteiger partial charge in [0.25, 0.3) is 0 Å². The zero-order valence-corrected chi connectivity index (χ0v) is 9.78. The molecule has 4 heteroatoms. The van der Waals surface area contributed by atoms with Gasteiger partial charge in [-0.05, 0) is 39.9 Å². The zero-order chi connectivity index (χ0) is 10.3. The largest absolute Gasteiger partial charge is 0.477 e. The van der Waals surface area contributed by atoms with Gasteiger partial charge in [0, 0.05) is 9.17 Å². The number of aryl methyl sites for hydroxylation is 1. The topological polar surface area (TPSA) is 37.3 Å². The van der Waals surface area contributed by atoms with Crippen LogP contribution in [-0.2, 0) is 0 Å².